The summed E-state index contributed by atoms with van der Waals surface area (Å²) in [6.07, 6.45) is -9.85. The zero-order chi connectivity index (χ0) is 44.5. The molecule has 2 aliphatic rings. The Bertz CT molecular complexity index is 2250. The van der Waals surface area contributed by atoms with Gasteiger partial charge in [-0.3, -0.25) is 4.79 Å². The van der Waals surface area contributed by atoms with Crippen LogP contribution in [-0.2, 0) is 87.1 Å². The molecule has 6 aromatic rings. The zero-order valence-corrected chi connectivity index (χ0v) is 36.2. The van der Waals surface area contributed by atoms with Crippen molar-refractivity contribution >= 4 is 5.97 Å². The standard InChI is InChI=1S/C54H56O11/c55-45-31-47(56)64-53(62-37-44-29-17-6-18-30-44)51(60-35-42-25-13-4-14-26-42)48(45)65-54-52(61-36-43-27-15-5-16-28-43)50(59-34-41-23-11-3-12-24-41)49(58-33-40-21-9-2-10-22-40)46(63-54)38-57-32-39-19-7-1-8-20-39/h1-30,45-46,48-55H,31-38H2/t45-,46-,48+,49+,50+,51-,52-,53-,54-/m1/s1. The molecule has 11 heteroatoms. The van der Waals surface area contributed by atoms with Crippen LogP contribution in [0.4, 0.5) is 0 Å². The maximum absolute atomic E-state index is 13.4. The van der Waals surface area contributed by atoms with Gasteiger partial charge in [0.05, 0.1) is 58.8 Å². The normalized spacial score (nSPS) is 24.5. The number of ether oxygens (including phenoxy) is 9. The highest BCUT2D eigenvalue weighted by Gasteiger charge is 2.52. The molecule has 0 aliphatic carbocycles. The van der Waals surface area contributed by atoms with Crippen molar-refractivity contribution in [1.82, 2.24) is 0 Å². The third kappa shape index (κ3) is 13.5. The van der Waals surface area contributed by atoms with E-state index < -0.39 is 61.3 Å². The minimum atomic E-state index is -1.39. The molecule has 8 rings (SSSR count). The van der Waals surface area contributed by atoms with Gasteiger partial charge in [-0.1, -0.05) is 182 Å². The molecule has 0 amide bonds. The highest BCUT2D eigenvalue weighted by Crippen LogP contribution is 2.35. The lowest BCUT2D eigenvalue weighted by Crippen LogP contribution is -2.63. The molecule has 65 heavy (non-hydrogen) atoms. The van der Waals surface area contributed by atoms with Crippen LogP contribution in [0.1, 0.15) is 39.8 Å². The average molecular weight is 881 g/mol. The van der Waals surface area contributed by atoms with Gasteiger partial charge in [0, 0.05) is 0 Å². The van der Waals surface area contributed by atoms with Gasteiger partial charge < -0.3 is 47.7 Å². The molecule has 2 heterocycles. The summed E-state index contributed by atoms with van der Waals surface area (Å²) in [7, 11) is 0. The largest absolute Gasteiger partial charge is 0.433 e. The van der Waals surface area contributed by atoms with Crippen LogP contribution in [0.5, 0.6) is 0 Å². The number of aliphatic hydroxyl groups is 1. The number of esters is 1. The number of cyclic esters (lactones) is 1. The first-order valence-electron chi connectivity index (χ1n) is 22.1. The summed E-state index contributed by atoms with van der Waals surface area (Å²) in [5.41, 5.74) is 5.53. The van der Waals surface area contributed by atoms with Crippen molar-refractivity contribution in [2.24, 2.45) is 0 Å². The predicted octanol–water partition coefficient (Wildman–Crippen LogP) is 8.51. The van der Waals surface area contributed by atoms with Crippen LogP contribution in [0.25, 0.3) is 0 Å². The molecule has 9 atom stereocenters. The monoisotopic (exact) mass is 880 g/mol. The van der Waals surface area contributed by atoms with E-state index in [1.54, 1.807) is 0 Å². The maximum atomic E-state index is 13.4. The van der Waals surface area contributed by atoms with Crippen molar-refractivity contribution in [2.45, 2.75) is 101 Å². The topological polar surface area (TPSA) is 120 Å². The number of hydrogen-bond donors (Lipinski definition) is 1. The van der Waals surface area contributed by atoms with E-state index in [0.717, 1.165) is 33.4 Å². The lowest BCUT2D eigenvalue weighted by Gasteiger charge is -2.47. The van der Waals surface area contributed by atoms with Gasteiger partial charge in [0.15, 0.2) is 6.29 Å². The summed E-state index contributed by atoms with van der Waals surface area (Å²) < 4.78 is 59.9. The summed E-state index contributed by atoms with van der Waals surface area (Å²) in [4.78, 5) is 13.4. The second-order valence-electron chi connectivity index (χ2n) is 16.1. The number of aliphatic hydroxyl groups excluding tert-OH is 1. The Labute approximate surface area is 380 Å². The van der Waals surface area contributed by atoms with Gasteiger partial charge in [0.1, 0.15) is 36.6 Å². The number of carbonyl (C=O) groups excluding carboxylic acids is 1. The molecule has 2 fully saturated rings. The third-order valence-electron chi connectivity index (χ3n) is 11.3. The third-order valence-corrected chi connectivity index (χ3v) is 11.3. The summed E-state index contributed by atoms with van der Waals surface area (Å²) in [6.45, 7) is 1.27. The van der Waals surface area contributed by atoms with E-state index >= 15 is 0 Å². The Morgan fingerprint density at radius 2 is 0.769 bits per heavy atom. The Morgan fingerprint density at radius 3 is 1.20 bits per heavy atom. The average Bonchev–Trinajstić information content (AvgIpc) is 3.46. The van der Waals surface area contributed by atoms with Crippen LogP contribution < -0.4 is 0 Å². The number of hydrogen-bond acceptors (Lipinski definition) is 11. The highest BCUT2D eigenvalue weighted by molar-refractivity contribution is 5.70. The molecule has 0 bridgehead atoms. The molecule has 2 saturated heterocycles. The maximum Gasteiger partial charge on any atom is 0.310 e. The fourth-order valence-corrected chi connectivity index (χ4v) is 7.91. The van der Waals surface area contributed by atoms with E-state index in [9.17, 15) is 9.90 Å². The molecule has 2 aliphatic heterocycles. The first kappa shape index (κ1) is 46.0. The van der Waals surface area contributed by atoms with Crippen LogP contribution in [-0.4, -0.2) is 73.0 Å². The molecule has 11 nitrogen and oxygen atoms in total. The van der Waals surface area contributed by atoms with Gasteiger partial charge in [-0.2, -0.15) is 0 Å². The molecule has 0 saturated carbocycles. The van der Waals surface area contributed by atoms with Crippen molar-refractivity contribution in [3.8, 4) is 0 Å². The SMILES string of the molecule is O=C1C[C@@H](O)[C@H](O[C@H]2O[C@H](COCc3ccccc3)[C@H](OCc3ccccc3)[C@H](OCc3ccccc3)[C@H]2OCc2ccccc2)[C@@H](OCc2ccccc2)[C@H](OCc2ccccc2)O1. The Hall–Kier alpha value is -5.57. The van der Waals surface area contributed by atoms with Crippen LogP contribution in [0.15, 0.2) is 182 Å². The van der Waals surface area contributed by atoms with Crippen LogP contribution in [0.2, 0.25) is 0 Å². The Balaban J connectivity index is 1.16. The molecule has 0 unspecified atom stereocenters. The number of rotatable bonds is 21. The van der Waals surface area contributed by atoms with Crippen molar-refractivity contribution in [3.05, 3.63) is 215 Å². The van der Waals surface area contributed by atoms with Crippen LogP contribution in [0, 0.1) is 0 Å². The van der Waals surface area contributed by atoms with Crippen LogP contribution in [0.3, 0.4) is 0 Å². The lowest BCUT2D eigenvalue weighted by molar-refractivity contribution is -0.351. The van der Waals surface area contributed by atoms with Crippen molar-refractivity contribution in [3.63, 3.8) is 0 Å². The van der Waals surface area contributed by atoms with Crippen molar-refractivity contribution < 1.29 is 52.5 Å². The van der Waals surface area contributed by atoms with E-state index in [-0.39, 0.29) is 46.1 Å². The van der Waals surface area contributed by atoms with Gasteiger partial charge in [-0.15, -0.1) is 0 Å². The molecular formula is C54H56O11. The second-order valence-corrected chi connectivity index (χ2v) is 16.1. The molecule has 6 aromatic carbocycles. The smallest absolute Gasteiger partial charge is 0.310 e. The molecule has 0 radical (unpaired) electrons. The van der Waals surface area contributed by atoms with Gasteiger partial charge >= 0.3 is 5.97 Å². The lowest BCUT2D eigenvalue weighted by atomic mass is 9.97. The summed E-state index contributed by atoms with van der Waals surface area (Å²) >= 11 is 0. The van der Waals surface area contributed by atoms with Crippen molar-refractivity contribution in [2.75, 3.05) is 6.61 Å². The summed E-state index contributed by atoms with van der Waals surface area (Å²) in [5, 5.41) is 12.0. The highest BCUT2D eigenvalue weighted by atomic mass is 16.8. The van der Waals surface area contributed by atoms with E-state index in [4.69, 9.17) is 42.6 Å². The first-order chi connectivity index (χ1) is 32.1. The molecule has 0 spiro atoms. The first-order valence-corrected chi connectivity index (χ1v) is 22.1. The quantitative estimate of drug-likeness (QED) is 0.0701. The van der Waals surface area contributed by atoms with Gasteiger partial charge in [0.2, 0.25) is 6.29 Å². The van der Waals surface area contributed by atoms with Crippen LogP contribution >= 0.6 is 0 Å². The predicted molar refractivity (Wildman–Crippen MR) is 241 cm³/mol. The summed E-state index contributed by atoms with van der Waals surface area (Å²) in [6, 6.07) is 58.6. The molecule has 0 aromatic heterocycles. The van der Waals surface area contributed by atoms with Gasteiger partial charge in [0.25, 0.3) is 0 Å². The molecular weight excluding hydrogens is 825 g/mol. The van der Waals surface area contributed by atoms with Crippen molar-refractivity contribution in [1.29, 1.82) is 0 Å². The molecule has 338 valence electrons. The van der Waals surface area contributed by atoms with Gasteiger partial charge in [-0.25, -0.2) is 0 Å². The second kappa shape index (κ2) is 24.1. The number of benzene rings is 6. The molecule has 1 N–H and O–H groups in total. The van der Waals surface area contributed by atoms with E-state index in [2.05, 4.69) is 0 Å². The van der Waals surface area contributed by atoms with E-state index in [1.165, 1.54) is 0 Å². The Kier molecular flexibility index (Phi) is 17.0. The summed E-state index contributed by atoms with van der Waals surface area (Å²) in [5.74, 6) is -0.665. The number of carbonyl (C=O) groups is 1. The minimum absolute atomic E-state index is 0.0936. The minimum Gasteiger partial charge on any atom is -0.433 e. The fourth-order valence-electron chi connectivity index (χ4n) is 7.91. The van der Waals surface area contributed by atoms with Gasteiger partial charge in [-0.05, 0) is 33.4 Å². The fraction of sp³-hybridized carbons (Fsp3) is 0.315. The Morgan fingerprint density at radius 1 is 0.415 bits per heavy atom. The van der Waals surface area contributed by atoms with E-state index in [0.29, 0.717) is 6.61 Å². The van der Waals surface area contributed by atoms with E-state index in [1.807, 2.05) is 182 Å². The zero-order valence-electron chi connectivity index (χ0n) is 36.2.